The number of aryl methyl sites for hydroxylation is 1. The Morgan fingerprint density at radius 3 is 2.61 bits per heavy atom. The van der Waals surface area contributed by atoms with Crippen LogP contribution in [0.25, 0.3) is 5.69 Å². The number of hydrogen-bond donors (Lipinski definition) is 2. The van der Waals surface area contributed by atoms with E-state index < -0.39 is 12.1 Å². The first-order valence-electron chi connectivity index (χ1n) is 11.1. The van der Waals surface area contributed by atoms with Crippen molar-refractivity contribution in [1.82, 2.24) is 34.1 Å². The van der Waals surface area contributed by atoms with Crippen LogP contribution in [-0.2, 0) is 11.3 Å². The molecule has 2 N–H and O–H groups in total. The summed E-state index contributed by atoms with van der Waals surface area (Å²) in [6.07, 6.45) is 4.81. The first kappa shape index (κ1) is 27.3. The fourth-order valence-electron chi connectivity index (χ4n) is 3.81. The number of benzene rings is 1. The maximum Gasteiger partial charge on any atom is 0.490 e. The van der Waals surface area contributed by atoms with Gasteiger partial charge in [-0.15, -0.1) is 5.10 Å². The fourth-order valence-corrected chi connectivity index (χ4v) is 4.10. The van der Waals surface area contributed by atoms with Gasteiger partial charge in [-0.1, -0.05) is 23.2 Å². The molecule has 0 amide bonds. The number of hydrogen-bond acceptors (Lipinski definition) is 7. The van der Waals surface area contributed by atoms with Crippen LogP contribution in [0.15, 0.2) is 43.1 Å². The van der Waals surface area contributed by atoms with Gasteiger partial charge in [-0.25, -0.2) is 14.5 Å². The van der Waals surface area contributed by atoms with Crippen LogP contribution in [-0.4, -0.2) is 58.5 Å². The molecule has 1 aromatic carbocycles. The summed E-state index contributed by atoms with van der Waals surface area (Å²) < 4.78 is 42.9. The monoisotopic (exact) mass is 572 g/mol. The molecule has 0 radical (unpaired) electrons. The summed E-state index contributed by atoms with van der Waals surface area (Å²) in [5.41, 5.74) is 1.64. The molecule has 16 heteroatoms. The van der Waals surface area contributed by atoms with E-state index in [-0.39, 0.29) is 6.04 Å². The van der Waals surface area contributed by atoms with Gasteiger partial charge < -0.3 is 19.7 Å². The second-order valence-electron chi connectivity index (χ2n) is 8.09. The zero-order chi connectivity index (χ0) is 27.4. The lowest BCUT2D eigenvalue weighted by Gasteiger charge is -2.14. The standard InChI is InChI=1S/C20H20Cl2N8O.C2HF3O2/c1-31-17-8-14(5-6-15(17)28-11-18(22)23-12-28)25-20-26-19-16(30-10-13(21)9-24-30)4-2-3-7-29(19)27-20;3-2(4,5)1(6)7/h5-6,8-12,16H,2-4,7H2,1H3,(H,25,27);(H,6,7). The van der Waals surface area contributed by atoms with E-state index in [1.165, 1.54) is 0 Å². The lowest BCUT2D eigenvalue weighted by molar-refractivity contribution is -0.192. The largest absolute Gasteiger partial charge is 0.494 e. The summed E-state index contributed by atoms with van der Waals surface area (Å²) in [6, 6.07) is 5.75. The number of imidazole rings is 1. The second kappa shape index (κ2) is 11.3. The number of aliphatic carboxylic acids is 1. The van der Waals surface area contributed by atoms with Crippen LogP contribution in [0.1, 0.15) is 31.1 Å². The second-order valence-corrected chi connectivity index (χ2v) is 8.91. The van der Waals surface area contributed by atoms with Crippen molar-refractivity contribution in [2.45, 2.75) is 38.0 Å². The van der Waals surface area contributed by atoms with E-state index in [0.29, 0.717) is 21.9 Å². The fraction of sp³-hybridized carbons (Fsp3) is 0.318. The number of nitrogens with zero attached hydrogens (tertiary/aromatic N) is 7. The number of halogens is 5. The average Bonchev–Trinajstić information content (AvgIpc) is 3.56. The Kier molecular flexibility index (Phi) is 8.11. The Morgan fingerprint density at radius 2 is 2.00 bits per heavy atom. The first-order valence-corrected chi connectivity index (χ1v) is 11.9. The molecule has 202 valence electrons. The van der Waals surface area contributed by atoms with Gasteiger partial charge in [0.25, 0.3) is 0 Å². The number of ether oxygens (including phenoxy) is 1. The summed E-state index contributed by atoms with van der Waals surface area (Å²) in [4.78, 5) is 17.7. The SMILES string of the molecule is COc1cc(Nc2nc3n(n2)CCCCC3n2cc(Cl)cn2)ccc1-n1cnc(Cl)c1.O=C(O)C(F)(F)F. The van der Waals surface area contributed by atoms with Crippen LogP contribution in [0.4, 0.5) is 24.8 Å². The molecule has 1 unspecified atom stereocenters. The number of fused-ring (bicyclic) bond motifs is 1. The Hall–Kier alpha value is -3.78. The average molecular weight is 573 g/mol. The van der Waals surface area contributed by atoms with Crippen molar-refractivity contribution in [2.24, 2.45) is 0 Å². The molecule has 1 aliphatic rings. The quantitative estimate of drug-likeness (QED) is 0.337. The van der Waals surface area contributed by atoms with Gasteiger partial charge in [-0.3, -0.25) is 4.68 Å². The molecule has 38 heavy (non-hydrogen) atoms. The molecule has 1 atom stereocenters. The highest BCUT2D eigenvalue weighted by Crippen LogP contribution is 2.31. The molecular formula is C22H21Cl2F3N8O3. The number of anilines is 2. The minimum absolute atomic E-state index is 0.000881. The van der Waals surface area contributed by atoms with Crippen molar-refractivity contribution in [2.75, 3.05) is 12.4 Å². The van der Waals surface area contributed by atoms with Gasteiger partial charge in [0, 0.05) is 30.7 Å². The lowest BCUT2D eigenvalue weighted by atomic mass is 10.1. The van der Waals surface area contributed by atoms with Crippen LogP contribution in [0.2, 0.25) is 10.2 Å². The van der Waals surface area contributed by atoms with Gasteiger partial charge in [0.15, 0.2) is 5.82 Å². The predicted octanol–water partition coefficient (Wildman–Crippen LogP) is 5.13. The van der Waals surface area contributed by atoms with Crippen LogP contribution in [0, 0.1) is 0 Å². The van der Waals surface area contributed by atoms with E-state index in [9.17, 15) is 13.2 Å². The van der Waals surface area contributed by atoms with E-state index in [4.69, 9.17) is 42.8 Å². The predicted molar refractivity (Wildman–Crippen MR) is 131 cm³/mol. The van der Waals surface area contributed by atoms with E-state index in [1.54, 1.807) is 25.8 Å². The van der Waals surface area contributed by atoms with Crippen LogP contribution in [0.3, 0.4) is 0 Å². The Labute approximate surface area is 223 Å². The van der Waals surface area contributed by atoms with Crippen LogP contribution >= 0.6 is 23.2 Å². The number of carboxylic acid groups (broad SMARTS) is 1. The van der Waals surface area contributed by atoms with Crippen molar-refractivity contribution < 1.29 is 27.8 Å². The molecule has 4 heterocycles. The third kappa shape index (κ3) is 6.37. The molecule has 3 aromatic heterocycles. The van der Waals surface area contributed by atoms with Crippen molar-refractivity contribution in [3.8, 4) is 11.4 Å². The smallest absolute Gasteiger partial charge is 0.490 e. The highest BCUT2D eigenvalue weighted by molar-refractivity contribution is 6.30. The van der Waals surface area contributed by atoms with Crippen molar-refractivity contribution in [3.63, 3.8) is 0 Å². The van der Waals surface area contributed by atoms with Gasteiger partial charge in [0.2, 0.25) is 5.95 Å². The molecule has 1 aliphatic heterocycles. The molecule has 0 bridgehead atoms. The Bertz CT molecular complexity index is 1420. The highest BCUT2D eigenvalue weighted by atomic mass is 35.5. The van der Waals surface area contributed by atoms with Gasteiger partial charge >= 0.3 is 12.1 Å². The number of carboxylic acids is 1. The maximum absolute atomic E-state index is 10.6. The Balaban J connectivity index is 0.000000426. The van der Waals surface area contributed by atoms with Crippen LogP contribution < -0.4 is 10.1 Å². The number of methoxy groups -OCH3 is 1. The molecule has 4 aromatic rings. The number of nitrogens with one attached hydrogen (secondary N) is 1. The number of rotatable bonds is 5. The minimum atomic E-state index is -5.08. The molecular weight excluding hydrogens is 552 g/mol. The molecule has 0 saturated carbocycles. The maximum atomic E-state index is 10.6. The summed E-state index contributed by atoms with van der Waals surface area (Å²) in [7, 11) is 1.62. The van der Waals surface area contributed by atoms with Gasteiger partial charge in [0.1, 0.15) is 23.3 Å². The molecule has 11 nitrogen and oxygen atoms in total. The number of alkyl halides is 3. The van der Waals surface area contributed by atoms with Crippen LogP contribution in [0.5, 0.6) is 5.75 Å². The zero-order valence-corrected chi connectivity index (χ0v) is 21.2. The minimum Gasteiger partial charge on any atom is -0.494 e. The summed E-state index contributed by atoms with van der Waals surface area (Å²) >= 11 is 12.0. The zero-order valence-electron chi connectivity index (χ0n) is 19.7. The van der Waals surface area contributed by atoms with Crippen molar-refractivity contribution in [3.05, 3.63) is 59.1 Å². The number of aromatic nitrogens is 7. The van der Waals surface area contributed by atoms with Gasteiger partial charge in [-0.05, 0) is 31.4 Å². The first-order chi connectivity index (χ1) is 18.0. The summed E-state index contributed by atoms with van der Waals surface area (Å²) in [5.74, 6) is -0.687. The van der Waals surface area contributed by atoms with Crippen molar-refractivity contribution >= 4 is 40.8 Å². The summed E-state index contributed by atoms with van der Waals surface area (Å²) in [5, 5.41) is 20.5. The van der Waals surface area contributed by atoms with Crippen molar-refractivity contribution in [1.29, 1.82) is 0 Å². The molecule has 0 spiro atoms. The third-order valence-electron chi connectivity index (χ3n) is 5.49. The van der Waals surface area contributed by atoms with Gasteiger partial charge in [-0.2, -0.15) is 23.3 Å². The van der Waals surface area contributed by atoms with E-state index >= 15 is 0 Å². The molecule has 0 fully saturated rings. The van der Waals surface area contributed by atoms with E-state index in [1.807, 2.05) is 38.3 Å². The van der Waals surface area contributed by atoms with E-state index in [0.717, 1.165) is 43.0 Å². The molecule has 0 aliphatic carbocycles. The van der Waals surface area contributed by atoms with Gasteiger partial charge in [0.05, 0.1) is 24.0 Å². The topological polar surface area (TPSA) is 125 Å². The summed E-state index contributed by atoms with van der Waals surface area (Å²) in [6.45, 7) is 0.819. The normalized spacial score (nSPS) is 15.2. The molecule has 5 rings (SSSR count). The highest BCUT2D eigenvalue weighted by Gasteiger charge is 2.38. The lowest BCUT2D eigenvalue weighted by Crippen LogP contribution is -2.21. The molecule has 0 saturated heterocycles. The van der Waals surface area contributed by atoms with E-state index in [2.05, 4.69) is 20.5 Å². The Morgan fingerprint density at radius 1 is 1.24 bits per heavy atom. The number of carbonyl (C=O) groups is 1. The third-order valence-corrected chi connectivity index (χ3v) is 5.88.